The molecule has 0 fully saturated rings. The molecule has 5 heteroatoms. The van der Waals surface area contributed by atoms with Crippen molar-refractivity contribution in [1.29, 1.82) is 0 Å². The molecule has 0 saturated heterocycles. The Bertz CT molecular complexity index is 434. The fraction of sp³-hybridized carbons (Fsp3) is 0.429. The van der Waals surface area contributed by atoms with E-state index in [1.807, 2.05) is 37.3 Å². The molecule has 1 aromatic carbocycles. The van der Waals surface area contributed by atoms with Crippen LogP contribution in [0.4, 0.5) is 10.5 Å². The van der Waals surface area contributed by atoms with E-state index in [1.165, 1.54) is 11.9 Å². The van der Waals surface area contributed by atoms with Crippen molar-refractivity contribution in [2.75, 3.05) is 18.5 Å². The molecule has 1 aromatic rings. The van der Waals surface area contributed by atoms with Gasteiger partial charge in [-0.25, -0.2) is 9.59 Å². The third-order valence-corrected chi connectivity index (χ3v) is 3.06. The monoisotopic (exact) mass is 264 g/mol. The Morgan fingerprint density at radius 2 is 1.79 bits per heavy atom. The van der Waals surface area contributed by atoms with Crippen LogP contribution in [0.15, 0.2) is 30.3 Å². The molecule has 19 heavy (non-hydrogen) atoms. The molecule has 0 heterocycles. The maximum atomic E-state index is 12.4. The first-order valence-corrected chi connectivity index (χ1v) is 6.35. The van der Waals surface area contributed by atoms with Crippen LogP contribution in [0, 0.1) is 0 Å². The van der Waals surface area contributed by atoms with Crippen LogP contribution in [-0.4, -0.2) is 41.6 Å². The van der Waals surface area contributed by atoms with Crippen LogP contribution in [0.2, 0.25) is 0 Å². The molecule has 1 unspecified atom stereocenters. The van der Waals surface area contributed by atoms with Gasteiger partial charge in [0, 0.05) is 19.3 Å². The highest BCUT2D eigenvalue weighted by molar-refractivity contribution is 5.94. The minimum Gasteiger partial charge on any atom is -0.480 e. The predicted octanol–water partition coefficient (Wildman–Crippen LogP) is 2.43. The summed E-state index contributed by atoms with van der Waals surface area (Å²) in [4.78, 5) is 26.3. The Balaban J connectivity index is 2.93. The van der Waals surface area contributed by atoms with E-state index in [2.05, 4.69) is 0 Å². The Kier molecular flexibility index (Phi) is 5.36. The molecule has 0 bridgehead atoms. The number of benzene rings is 1. The van der Waals surface area contributed by atoms with Crippen molar-refractivity contribution in [2.45, 2.75) is 26.3 Å². The molecule has 2 amide bonds. The summed E-state index contributed by atoms with van der Waals surface area (Å²) in [7, 11) is 1.52. The van der Waals surface area contributed by atoms with E-state index in [4.69, 9.17) is 5.11 Å². The van der Waals surface area contributed by atoms with Gasteiger partial charge in [0.1, 0.15) is 6.04 Å². The number of hydrogen-bond donors (Lipinski definition) is 1. The Morgan fingerprint density at radius 1 is 1.21 bits per heavy atom. The summed E-state index contributed by atoms with van der Waals surface area (Å²) in [5.74, 6) is -0.984. The van der Waals surface area contributed by atoms with Gasteiger partial charge in [-0.1, -0.05) is 25.1 Å². The highest BCUT2D eigenvalue weighted by Crippen LogP contribution is 2.16. The number of rotatable bonds is 5. The number of para-hydroxylation sites is 1. The average molecular weight is 264 g/mol. The minimum atomic E-state index is -0.984. The van der Waals surface area contributed by atoms with Gasteiger partial charge < -0.3 is 10.0 Å². The number of likely N-dealkylation sites (N-methyl/N-ethyl adjacent to an activating group) is 1. The second-order valence-electron chi connectivity index (χ2n) is 4.24. The smallest absolute Gasteiger partial charge is 0.326 e. The molecule has 0 saturated carbocycles. The third-order valence-electron chi connectivity index (χ3n) is 3.06. The zero-order chi connectivity index (χ0) is 14.4. The number of aliphatic carboxylic acids is 1. The Labute approximate surface area is 113 Å². The van der Waals surface area contributed by atoms with E-state index < -0.39 is 12.0 Å². The molecule has 1 N–H and O–H groups in total. The second kappa shape index (κ2) is 6.78. The fourth-order valence-corrected chi connectivity index (χ4v) is 1.97. The lowest BCUT2D eigenvalue weighted by atomic mass is 10.2. The number of amides is 2. The van der Waals surface area contributed by atoms with E-state index in [0.29, 0.717) is 13.0 Å². The summed E-state index contributed by atoms with van der Waals surface area (Å²) in [6.45, 7) is 4.10. The normalized spacial score (nSPS) is 11.7. The Hall–Kier alpha value is -2.04. The van der Waals surface area contributed by atoms with E-state index in [9.17, 15) is 9.59 Å². The van der Waals surface area contributed by atoms with E-state index in [-0.39, 0.29) is 6.03 Å². The zero-order valence-electron chi connectivity index (χ0n) is 11.5. The first kappa shape index (κ1) is 15.0. The standard InChI is InChI=1S/C14H20N2O3/c1-4-12(13(17)18)15(3)14(19)16(5-2)11-9-7-6-8-10-11/h6-10,12H,4-5H2,1-3H3,(H,17,18). The molecule has 104 valence electrons. The van der Waals surface area contributed by atoms with Gasteiger partial charge in [0.25, 0.3) is 0 Å². The van der Waals surface area contributed by atoms with Gasteiger partial charge in [0.15, 0.2) is 0 Å². The van der Waals surface area contributed by atoms with Crippen molar-refractivity contribution < 1.29 is 14.7 Å². The van der Waals surface area contributed by atoms with Crippen LogP contribution in [0.5, 0.6) is 0 Å². The topological polar surface area (TPSA) is 60.9 Å². The molecular formula is C14H20N2O3. The van der Waals surface area contributed by atoms with Crippen LogP contribution in [0.25, 0.3) is 0 Å². The fourth-order valence-electron chi connectivity index (χ4n) is 1.97. The first-order valence-electron chi connectivity index (χ1n) is 6.35. The van der Waals surface area contributed by atoms with Crippen LogP contribution in [0.1, 0.15) is 20.3 Å². The van der Waals surface area contributed by atoms with Crippen LogP contribution >= 0.6 is 0 Å². The maximum Gasteiger partial charge on any atom is 0.326 e. The first-order chi connectivity index (χ1) is 9.02. The van der Waals surface area contributed by atoms with E-state index in [0.717, 1.165) is 5.69 Å². The largest absolute Gasteiger partial charge is 0.480 e. The number of carbonyl (C=O) groups excluding carboxylic acids is 1. The zero-order valence-corrected chi connectivity index (χ0v) is 11.5. The maximum absolute atomic E-state index is 12.4. The Morgan fingerprint density at radius 3 is 2.21 bits per heavy atom. The van der Waals surface area contributed by atoms with Crippen molar-refractivity contribution in [2.24, 2.45) is 0 Å². The number of carboxylic acids is 1. The molecule has 1 rings (SSSR count). The van der Waals surface area contributed by atoms with Crippen molar-refractivity contribution in [3.05, 3.63) is 30.3 Å². The summed E-state index contributed by atoms with van der Waals surface area (Å²) in [5.41, 5.74) is 0.766. The lowest BCUT2D eigenvalue weighted by Crippen LogP contribution is -2.49. The van der Waals surface area contributed by atoms with Gasteiger partial charge in [-0.3, -0.25) is 4.90 Å². The minimum absolute atomic E-state index is 0.303. The molecule has 0 aromatic heterocycles. The number of carbonyl (C=O) groups is 2. The highest BCUT2D eigenvalue weighted by atomic mass is 16.4. The van der Waals surface area contributed by atoms with Crippen molar-refractivity contribution in [1.82, 2.24) is 4.90 Å². The highest BCUT2D eigenvalue weighted by Gasteiger charge is 2.28. The number of carboxylic acid groups (broad SMARTS) is 1. The van der Waals surface area contributed by atoms with Crippen molar-refractivity contribution in [3.8, 4) is 0 Å². The van der Waals surface area contributed by atoms with Gasteiger partial charge in [0.2, 0.25) is 0 Å². The average Bonchev–Trinajstić information content (AvgIpc) is 2.41. The van der Waals surface area contributed by atoms with Gasteiger partial charge in [-0.15, -0.1) is 0 Å². The van der Waals surface area contributed by atoms with Crippen LogP contribution < -0.4 is 4.90 Å². The number of anilines is 1. The van der Waals surface area contributed by atoms with E-state index >= 15 is 0 Å². The molecule has 0 aliphatic heterocycles. The predicted molar refractivity (Wildman–Crippen MR) is 74.3 cm³/mol. The van der Waals surface area contributed by atoms with Gasteiger partial charge in [-0.05, 0) is 25.5 Å². The summed E-state index contributed by atoms with van der Waals surface area (Å²) >= 11 is 0. The van der Waals surface area contributed by atoms with Crippen LogP contribution in [0.3, 0.4) is 0 Å². The van der Waals surface area contributed by atoms with Crippen molar-refractivity contribution >= 4 is 17.7 Å². The number of nitrogens with zero attached hydrogens (tertiary/aromatic N) is 2. The molecule has 5 nitrogen and oxygen atoms in total. The number of urea groups is 1. The summed E-state index contributed by atoms with van der Waals surface area (Å²) in [6, 6.07) is 8.12. The molecular weight excluding hydrogens is 244 g/mol. The van der Waals surface area contributed by atoms with Gasteiger partial charge >= 0.3 is 12.0 Å². The summed E-state index contributed by atoms with van der Waals surface area (Å²) in [6.07, 6.45) is 0.379. The molecule has 1 atom stereocenters. The quantitative estimate of drug-likeness (QED) is 0.888. The third kappa shape index (κ3) is 3.47. The molecule has 0 spiro atoms. The van der Waals surface area contributed by atoms with Gasteiger partial charge in [0.05, 0.1) is 0 Å². The SMILES string of the molecule is CCC(C(=O)O)N(C)C(=O)N(CC)c1ccccc1. The number of hydrogen-bond acceptors (Lipinski definition) is 2. The van der Waals surface area contributed by atoms with Gasteiger partial charge in [-0.2, -0.15) is 0 Å². The lowest BCUT2D eigenvalue weighted by Gasteiger charge is -2.30. The second-order valence-corrected chi connectivity index (χ2v) is 4.24. The molecule has 0 aliphatic carbocycles. The molecule has 0 radical (unpaired) electrons. The van der Waals surface area contributed by atoms with E-state index in [1.54, 1.807) is 11.8 Å². The van der Waals surface area contributed by atoms with Crippen molar-refractivity contribution in [3.63, 3.8) is 0 Å². The summed E-state index contributed by atoms with van der Waals surface area (Å²) < 4.78 is 0. The molecule has 0 aliphatic rings. The van der Waals surface area contributed by atoms with Crippen LogP contribution in [-0.2, 0) is 4.79 Å². The lowest BCUT2D eigenvalue weighted by molar-refractivity contribution is -0.141. The summed E-state index contributed by atoms with van der Waals surface area (Å²) in [5, 5.41) is 9.11.